The minimum absolute atomic E-state index is 0.0964. The van der Waals surface area contributed by atoms with Crippen LogP contribution < -0.4 is 5.56 Å². The van der Waals surface area contributed by atoms with E-state index in [2.05, 4.69) is 16.9 Å². The van der Waals surface area contributed by atoms with Crippen LogP contribution in [0.2, 0.25) is 0 Å². The molecule has 3 heterocycles. The lowest BCUT2D eigenvalue weighted by Gasteiger charge is -2.22. The Labute approximate surface area is 126 Å². The Hall–Kier alpha value is -2.13. The van der Waals surface area contributed by atoms with E-state index in [1.165, 1.54) is 0 Å². The molecule has 3 rings (SSSR count). The third-order valence-electron chi connectivity index (χ3n) is 3.42. The molecule has 0 bridgehead atoms. The SMILES string of the molecule is Cc1ccc(-c2nc3n(c(=O)c2C#N)CC(C)CS3)cn1. The molecule has 0 saturated heterocycles. The number of hydrogen-bond donors (Lipinski definition) is 0. The van der Waals surface area contributed by atoms with Gasteiger partial charge >= 0.3 is 0 Å². The minimum atomic E-state index is -0.253. The van der Waals surface area contributed by atoms with E-state index >= 15 is 0 Å². The molecule has 1 aliphatic heterocycles. The normalized spacial score (nSPS) is 17.1. The first kappa shape index (κ1) is 13.8. The zero-order valence-electron chi connectivity index (χ0n) is 11.8. The van der Waals surface area contributed by atoms with Crippen molar-refractivity contribution in [3.05, 3.63) is 39.9 Å². The van der Waals surface area contributed by atoms with E-state index in [1.807, 2.05) is 25.1 Å². The average Bonchev–Trinajstić information content (AvgIpc) is 2.48. The molecule has 0 aromatic carbocycles. The highest BCUT2D eigenvalue weighted by Gasteiger charge is 2.23. The molecule has 1 atom stereocenters. The van der Waals surface area contributed by atoms with Crippen molar-refractivity contribution in [2.24, 2.45) is 5.92 Å². The van der Waals surface area contributed by atoms with Crippen LogP contribution in [0.25, 0.3) is 11.3 Å². The van der Waals surface area contributed by atoms with Gasteiger partial charge in [-0.2, -0.15) is 5.26 Å². The predicted molar refractivity (Wildman–Crippen MR) is 81.1 cm³/mol. The Morgan fingerprint density at radius 2 is 2.29 bits per heavy atom. The van der Waals surface area contributed by atoms with Crippen molar-refractivity contribution >= 4 is 11.8 Å². The monoisotopic (exact) mass is 298 g/mol. The van der Waals surface area contributed by atoms with Crippen molar-refractivity contribution in [2.45, 2.75) is 25.5 Å². The summed E-state index contributed by atoms with van der Waals surface area (Å²) in [6, 6.07) is 5.71. The van der Waals surface area contributed by atoms with Gasteiger partial charge in [-0.25, -0.2) is 4.98 Å². The van der Waals surface area contributed by atoms with Gasteiger partial charge in [0.15, 0.2) is 5.16 Å². The number of aromatic nitrogens is 3. The summed E-state index contributed by atoms with van der Waals surface area (Å²) in [6.07, 6.45) is 1.66. The van der Waals surface area contributed by atoms with Gasteiger partial charge in [0.2, 0.25) is 0 Å². The number of thioether (sulfide) groups is 1. The fourth-order valence-corrected chi connectivity index (χ4v) is 3.31. The highest BCUT2D eigenvalue weighted by atomic mass is 32.2. The number of nitriles is 1. The molecule has 0 radical (unpaired) electrons. The van der Waals surface area contributed by atoms with Crippen LogP contribution in [0.15, 0.2) is 28.3 Å². The molecular formula is C15H14N4OS. The standard InChI is InChI=1S/C15H14N4OS/c1-9-7-19-14(20)12(5-16)13(18-15(19)21-8-9)11-4-3-10(2)17-6-11/h3-4,6,9H,7-8H2,1-2H3. The summed E-state index contributed by atoms with van der Waals surface area (Å²) in [5.41, 5.74) is 1.87. The molecular weight excluding hydrogens is 284 g/mol. The Kier molecular flexibility index (Phi) is 3.52. The highest BCUT2D eigenvalue weighted by Crippen LogP contribution is 2.28. The summed E-state index contributed by atoms with van der Waals surface area (Å²) in [5.74, 6) is 1.34. The van der Waals surface area contributed by atoms with Crippen molar-refractivity contribution in [2.75, 3.05) is 5.75 Å². The number of pyridine rings is 1. The third kappa shape index (κ3) is 2.45. The third-order valence-corrected chi connectivity index (χ3v) is 4.73. The fourth-order valence-electron chi connectivity index (χ4n) is 2.30. The lowest BCUT2D eigenvalue weighted by atomic mass is 10.1. The van der Waals surface area contributed by atoms with Crippen LogP contribution in [0, 0.1) is 24.2 Å². The zero-order valence-corrected chi connectivity index (χ0v) is 12.6. The van der Waals surface area contributed by atoms with Gasteiger partial charge in [0.1, 0.15) is 11.6 Å². The lowest BCUT2D eigenvalue weighted by Crippen LogP contribution is -2.32. The summed E-state index contributed by atoms with van der Waals surface area (Å²) in [5, 5.41) is 10.0. The van der Waals surface area contributed by atoms with Gasteiger partial charge in [0.05, 0.1) is 5.69 Å². The molecule has 5 nitrogen and oxygen atoms in total. The summed E-state index contributed by atoms with van der Waals surface area (Å²) < 4.78 is 1.61. The second kappa shape index (κ2) is 5.34. The Morgan fingerprint density at radius 1 is 1.48 bits per heavy atom. The molecule has 2 aromatic rings. The van der Waals surface area contributed by atoms with E-state index in [-0.39, 0.29) is 11.1 Å². The molecule has 0 fully saturated rings. The van der Waals surface area contributed by atoms with Crippen molar-refractivity contribution in [1.82, 2.24) is 14.5 Å². The fraction of sp³-hybridized carbons (Fsp3) is 0.333. The summed E-state index contributed by atoms with van der Waals surface area (Å²) >= 11 is 1.56. The first-order valence-electron chi connectivity index (χ1n) is 6.71. The maximum Gasteiger partial charge on any atom is 0.272 e. The van der Waals surface area contributed by atoms with Crippen LogP contribution in [0.3, 0.4) is 0 Å². The van der Waals surface area contributed by atoms with E-state index in [1.54, 1.807) is 22.5 Å². The Bertz CT molecular complexity index is 789. The molecule has 2 aromatic heterocycles. The van der Waals surface area contributed by atoms with E-state index in [0.717, 1.165) is 11.4 Å². The second-order valence-electron chi connectivity index (χ2n) is 5.25. The first-order valence-corrected chi connectivity index (χ1v) is 7.69. The van der Waals surface area contributed by atoms with Crippen molar-refractivity contribution in [3.8, 4) is 17.3 Å². The van der Waals surface area contributed by atoms with Crippen molar-refractivity contribution in [3.63, 3.8) is 0 Å². The Morgan fingerprint density at radius 3 is 2.95 bits per heavy atom. The van der Waals surface area contributed by atoms with Gasteiger partial charge in [-0.1, -0.05) is 18.7 Å². The summed E-state index contributed by atoms with van der Waals surface area (Å²) in [7, 11) is 0. The summed E-state index contributed by atoms with van der Waals surface area (Å²) in [4.78, 5) is 21.3. The zero-order chi connectivity index (χ0) is 15.0. The quantitative estimate of drug-likeness (QED) is 0.755. The maximum absolute atomic E-state index is 12.5. The second-order valence-corrected chi connectivity index (χ2v) is 6.24. The molecule has 0 aliphatic carbocycles. The largest absolute Gasteiger partial charge is 0.286 e. The van der Waals surface area contributed by atoms with Crippen LogP contribution in [0.1, 0.15) is 18.2 Å². The molecule has 106 valence electrons. The summed E-state index contributed by atoms with van der Waals surface area (Å²) in [6.45, 7) is 4.60. The molecule has 1 unspecified atom stereocenters. The lowest BCUT2D eigenvalue weighted by molar-refractivity contribution is 0.460. The van der Waals surface area contributed by atoms with Crippen LogP contribution in [0.5, 0.6) is 0 Å². The van der Waals surface area contributed by atoms with Gasteiger partial charge in [-0.3, -0.25) is 14.3 Å². The van der Waals surface area contributed by atoms with Gasteiger partial charge in [0, 0.05) is 29.8 Å². The predicted octanol–water partition coefficient (Wildman–Crippen LogP) is 2.23. The average molecular weight is 298 g/mol. The topological polar surface area (TPSA) is 71.6 Å². The molecule has 1 aliphatic rings. The van der Waals surface area contributed by atoms with Crippen molar-refractivity contribution < 1.29 is 0 Å². The van der Waals surface area contributed by atoms with Crippen molar-refractivity contribution in [1.29, 1.82) is 5.26 Å². The molecule has 6 heteroatoms. The van der Waals surface area contributed by atoms with Gasteiger partial charge < -0.3 is 0 Å². The Balaban J connectivity index is 2.23. The smallest absolute Gasteiger partial charge is 0.272 e. The highest BCUT2D eigenvalue weighted by molar-refractivity contribution is 7.99. The molecule has 0 saturated carbocycles. The maximum atomic E-state index is 12.5. The molecule has 0 N–H and O–H groups in total. The molecule has 0 spiro atoms. The van der Waals surface area contributed by atoms with Gasteiger partial charge in [-0.15, -0.1) is 0 Å². The van der Waals surface area contributed by atoms with Gasteiger partial charge in [0.25, 0.3) is 5.56 Å². The minimum Gasteiger partial charge on any atom is -0.286 e. The van der Waals surface area contributed by atoms with E-state index < -0.39 is 0 Å². The van der Waals surface area contributed by atoms with Crippen LogP contribution in [-0.2, 0) is 6.54 Å². The van der Waals surface area contributed by atoms with E-state index in [4.69, 9.17) is 0 Å². The van der Waals surface area contributed by atoms with E-state index in [9.17, 15) is 10.1 Å². The van der Waals surface area contributed by atoms with Crippen LogP contribution >= 0.6 is 11.8 Å². The number of hydrogen-bond acceptors (Lipinski definition) is 5. The first-order chi connectivity index (χ1) is 10.1. The van der Waals surface area contributed by atoms with Crippen LogP contribution in [-0.4, -0.2) is 20.3 Å². The number of rotatable bonds is 1. The van der Waals surface area contributed by atoms with E-state index in [0.29, 0.717) is 28.9 Å². The van der Waals surface area contributed by atoms with Gasteiger partial charge in [-0.05, 0) is 25.0 Å². The van der Waals surface area contributed by atoms with Crippen LogP contribution in [0.4, 0.5) is 0 Å². The number of nitrogens with zero attached hydrogens (tertiary/aromatic N) is 4. The molecule has 21 heavy (non-hydrogen) atoms. The number of aryl methyl sites for hydroxylation is 1. The number of fused-ring (bicyclic) bond motifs is 1. The molecule has 0 amide bonds.